The van der Waals surface area contributed by atoms with Gasteiger partial charge in [-0.05, 0) is 51.8 Å². The Morgan fingerprint density at radius 1 is 1.30 bits per heavy atom. The van der Waals surface area contributed by atoms with Gasteiger partial charge in [0.1, 0.15) is 5.69 Å². The Bertz CT molecular complexity index is 760. The molecule has 0 spiro atoms. The van der Waals surface area contributed by atoms with E-state index in [0.717, 1.165) is 50.3 Å². The second kappa shape index (κ2) is 9.32. The van der Waals surface area contributed by atoms with E-state index in [1.165, 1.54) is 0 Å². The molecule has 0 atom stereocenters. The number of nitrogens with one attached hydrogen (secondary N) is 2. The molecule has 2 N–H and O–H groups in total. The molecule has 0 aliphatic carbocycles. The van der Waals surface area contributed by atoms with E-state index in [1.54, 1.807) is 4.68 Å². The normalized spacial score (nSPS) is 15.0. The van der Waals surface area contributed by atoms with Crippen molar-refractivity contribution in [3.05, 3.63) is 23.3 Å². The van der Waals surface area contributed by atoms with Gasteiger partial charge in [0.2, 0.25) is 5.95 Å². The lowest BCUT2D eigenvalue weighted by atomic mass is 9.98. The Labute approximate surface area is 166 Å². The molecule has 1 aliphatic rings. The van der Waals surface area contributed by atoms with E-state index < -0.39 is 0 Å². The van der Waals surface area contributed by atoms with Crippen molar-refractivity contribution in [2.75, 3.05) is 18.4 Å². The molecule has 0 saturated carbocycles. The highest BCUT2D eigenvalue weighted by Crippen LogP contribution is 2.24. The first-order chi connectivity index (χ1) is 12.5. The summed E-state index contributed by atoms with van der Waals surface area (Å²) < 4.78 is 3.49. The zero-order valence-electron chi connectivity index (χ0n) is 16.5. The van der Waals surface area contributed by atoms with Crippen molar-refractivity contribution in [1.82, 2.24) is 29.9 Å². The van der Waals surface area contributed by atoms with Crippen molar-refractivity contribution in [3.8, 4) is 0 Å². The van der Waals surface area contributed by atoms with Crippen molar-refractivity contribution in [2.45, 2.75) is 58.4 Å². The van der Waals surface area contributed by atoms with Gasteiger partial charge in [-0.15, -0.1) is 12.4 Å². The number of amides is 1. The van der Waals surface area contributed by atoms with Crippen molar-refractivity contribution < 1.29 is 4.79 Å². The summed E-state index contributed by atoms with van der Waals surface area (Å²) in [6, 6.07) is 2.05. The molecule has 9 heteroatoms. The molecule has 1 fully saturated rings. The second-order valence-corrected chi connectivity index (χ2v) is 6.98. The van der Waals surface area contributed by atoms with Crippen LogP contribution >= 0.6 is 12.4 Å². The van der Waals surface area contributed by atoms with Crippen molar-refractivity contribution in [2.24, 2.45) is 7.05 Å². The van der Waals surface area contributed by atoms with Gasteiger partial charge in [0.15, 0.2) is 5.82 Å². The zero-order valence-corrected chi connectivity index (χ0v) is 17.3. The number of aromatic nitrogens is 5. The number of nitrogens with zero attached hydrogens (tertiary/aromatic N) is 5. The first-order valence-corrected chi connectivity index (χ1v) is 9.52. The Balaban J connectivity index is 0.00000261. The van der Waals surface area contributed by atoms with Gasteiger partial charge < -0.3 is 5.32 Å². The number of hydrogen-bond acceptors (Lipinski definition) is 5. The fourth-order valence-corrected chi connectivity index (χ4v) is 3.53. The summed E-state index contributed by atoms with van der Waals surface area (Å²) in [5, 5.41) is 15.3. The molecule has 1 saturated heterocycles. The van der Waals surface area contributed by atoms with Crippen LogP contribution in [0.25, 0.3) is 0 Å². The minimum absolute atomic E-state index is 0. The lowest BCUT2D eigenvalue weighted by molar-refractivity contribution is 0.101. The average Bonchev–Trinajstić information content (AvgIpc) is 3.20. The smallest absolute Gasteiger partial charge is 0.276 e. The number of piperidine rings is 1. The molecular formula is C18H30ClN7O. The highest BCUT2D eigenvalue weighted by molar-refractivity contribution is 6.02. The van der Waals surface area contributed by atoms with E-state index >= 15 is 0 Å². The predicted molar refractivity (Wildman–Crippen MR) is 108 cm³/mol. The van der Waals surface area contributed by atoms with Crippen LogP contribution in [-0.4, -0.2) is 43.5 Å². The molecule has 1 aliphatic heterocycles. The number of anilines is 1. The maximum atomic E-state index is 12.9. The Morgan fingerprint density at radius 2 is 1.96 bits per heavy atom. The summed E-state index contributed by atoms with van der Waals surface area (Å²) in [7, 11) is 1.82. The molecule has 0 aromatic carbocycles. The molecule has 1 amide bonds. The highest BCUT2D eigenvalue weighted by atomic mass is 35.5. The molecule has 0 unspecified atom stereocenters. The summed E-state index contributed by atoms with van der Waals surface area (Å²) >= 11 is 0. The zero-order chi connectivity index (χ0) is 18.7. The quantitative estimate of drug-likeness (QED) is 0.784. The molecule has 0 bridgehead atoms. The molecule has 3 rings (SSSR count). The first-order valence-electron chi connectivity index (χ1n) is 9.52. The van der Waals surface area contributed by atoms with E-state index in [0.29, 0.717) is 17.6 Å². The van der Waals surface area contributed by atoms with Crippen molar-refractivity contribution in [1.29, 1.82) is 0 Å². The van der Waals surface area contributed by atoms with Crippen LogP contribution < -0.4 is 10.6 Å². The summed E-state index contributed by atoms with van der Waals surface area (Å²) in [5.41, 5.74) is 1.41. The molecule has 27 heavy (non-hydrogen) atoms. The molecule has 8 nitrogen and oxygen atoms in total. The standard InChI is InChI=1S/C18H29N7O.ClH/c1-5-14(6-2)25-15(11-12(3)22-25)17(26)21-18-20-16(23-24(18)4)13-7-9-19-10-8-13;/h11,13-14,19H,5-10H2,1-4H3,(H,20,21,23,26);1H. The van der Waals surface area contributed by atoms with Gasteiger partial charge in [0.25, 0.3) is 5.91 Å². The third-order valence-electron chi connectivity index (χ3n) is 5.09. The van der Waals surface area contributed by atoms with Crippen molar-refractivity contribution >= 4 is 24.3 Å². The highest BCUT2D eigenvalue weighted by Gasteiger charge is 2.23. The maximum Gasteiger partial charge on any atom is 0.276 e. The van der Waals surface area contributed by atoms with Crippen LogP contribution in [-0.2, 0) is 7.05 Å². The van der Waals surface area contributed by atoms with Crippen molar-refractivity contribution in [3.63, 3.8) is 0 Å². The second-order valence-electron chi connectivity index (χ2n) is 6.98. The SMILES string of the molecule is CCC(CC)n1nc(C)cc1C(=O)Nc1nc(C2CCNCC2)nn1C.Cl. The van der Waals surface area contributed by atoms with E-state index in [9.17, 15) is 4.79 Å². The minimum Gasteiger partial charge on any atom is -0.317 e. The largest absolute Gasteiger partial charge is 0.317 e. The Kier molecular flexibility index (Phi) is 7.38. The van der Waals surface area contributed by atoms with Crippen LogP contribution in [0.3, 0.4) is 0 Å². The van der Waals surface area contributed by atoms with E-state index in [-0.39, 0.29) is 24.4 Å². The van der Waals surface area contributed by atoms with Gasteiger partial charge in [-0.1, -0.05) is 13.8 Å². The van der Waals surface area contributed by atoms with Gasteiger partial charge in [0, 0.05) is 13.0 Å². The maximum absolute atomic E-state index is 12.9. The van der Waals surface area contributed by atoms with Gasteiger partial charge in [0.05, 0.1) is 11.7 Å². The van der Waals surface area contributed by atoms with Crippen LogP contribution in [0.1, 0.15) is 73.5 Å². The van der Waals surface area contributed by atoms with E-state index in [4.69, 9.17) is 0 Å². The minimum atomic E-state index is -0.190. The Morgan fingerprint density at radius 3 is 2.59 bits per heavy atom. The topological polar surface area (TPSA) is 89.7 Å². The van der Waals surface area contributed by atoms with Gasteiger partial charge >= 0.3 is 0 Å². The number of halogens is 1. The van der Waals surface area contributed by atoms with Gasteiger partial charge in [-0.3, -0.25) is 14.8 Å². The lowest BCUT2D eigenvalue weighted by Gasteiger charge is -2.19. The van der Waals surface area contributed by atoms with E-state index in [2.05, 4.69) is 39.7 Å². The average molecular weight is 396 g/mol. The molecule has 150 valence electrons. The number of carbonyl (C=O) groups is 1. The summed E-state index contributed by atoms with van der Waals surface area (Å²) in [5.74, 6) is 1.46. The van der Waals surface area contributed by atoms with Crippen LogP contribution in [0, 0.1) is 6.92 Å². The summed E-state index contributed by atoms with van der Waals surface area (Å²) in [4.78, 5) is 17.4. The van der Waals surface area contributed by atoms with Crippen LogP contribution in [0.2, 0.25) is 0 Å². The number of rotatable bonds is 6. The fraction of sp³-hybridized carbons (Fsp3) is 0.667. The van der Waals surface area contributed by atoms with Crippen LogP contribution in [0.15, 0.2) is 6.07 Å². The molecule has 3 heterocycles. The monoisotopic (exact) mass is 395 g/mol. The number of aryl methyl sites for hydroxylation is 2. The third-order valence-corrected chi connectivity index (χ3v) is 5.09. The van der Waals surface area contributed by atoms with Crippen LogP contribution in [0.5, 0.6) is 0 Å². The molecule has 2 aromatic heterocycles. The first kappa shape index (κ1) is 21.4. The predicted octanol–water partition coefficient (Wildman–Crippen LogP) is 2.82. The number of hydrogen-bond donors (Lipinski definition) is 2. The van der Waals surface area contributed by atoms with Crippen LogP contribution in [0.4, 0.5) is 5.95 Å². The fourth-order valence-electron chi connectivity index (χ4n) is 3.53. The molecule has 2 aromatic rings. The molecular weight excluding hydrogens is 366 g/mol. The van der Waals surface area contributed by atoms with Gasteiger partial charge in [-0.2, -0.15) is 15.2 Å². The summed E-state index contributed by atoms with van der Waals surface area (Å²) in [6.07, 6.45) is 3.92. The number of carbonyl (C=O) groups excluding carboxylic acids is 1. The van der Waals surface area contributed by atoms with Gasteiger partial charge in [-0.25, -0.2) is 4.68 Å². The third kappa shape index (κ3) is 4.68. The molecule has 0 radical (unpaired) electrons. The lowest BCUT2D eigenvalue weighted by Crippen LogP contribution is -2.27. The Hall–Kier alpha value is -1.93. The summed E-state index contributed by atoms with van der Waals surface area (Å²) in [6.45, 7) is 8.10. The van der Waals surface area contributed by atoms with E-state index in [1.807, 2.05) is 24.7 Å².